The minimum atomic E-state index is 0.674. The lowest BCUT2D eigenvalue weighted by atomic mass is 10.00. The number of aromatic nitrogens is 4. The molecule has 1 aliphatic rings. The van der Waals surface area contributed by atoms with E-state index in [1.165, 1.54) is 11.1 Å². The van der Waals surface area contributed by atoms with Crippen molar-refractivity contribution in [1.29, 1.82) is 0 Å². The van der Waals surface area contributed by atoms with Crippen molar-refractivity contribution in [2.45, 2.75) is 13.0 Å². The Morgan fingerprint density at radius 2 is 1.85 bits per heavy atom. The first kappa shape index (κ1) is 15.3. The summed E-state index contributed by atoms with van der Waals surface area (Å²) in [7, 11) is 0. The summed E-state index contributed by atoms with van der Waals surface area (Å²) in [4.78, 5) is 11.3. The molecule has 0 radical (unpaired) electrons. The summed E-state index contributed by atoms with van der Waals surface area (Å²) in [6, 6.07) is 16.2. The molecular formula is C20H16ClN5. The highest BCUT2D eigenvalue weighted by Crippen LogP contribution is 2.29. The van der Waals surface area contributed by atoms with Crippen molar-refractivity contribution in [3.8, 4) is 5.69 Å². The summed E-state index contributed by atoms with van der Waals surface area (Å²) in [5, 5.41) is 6.16. The first-order valence-corrected chi connectivity index (χ1v) is 8.94. The Morgan fingerprint density at radius 3 is 2.73 bits per heavy atom. The molecule has 0 fully saturated rings. The number of hydrogen-bond acceptors (Lipinski definition) is 4. The minimum absolute atomic E-state index is 0.674. The standard InChI is InChI=1S/C20H16ClN5/c21-16-6-3-7-17(10-16)26-20-18(11-24-26)19(22-13-23-20)25-9-8-14-4-1-2-5-15(14)12-25/h1-7,10-11,13H,8-9,12H2. The molecule has 0 unspecified atom stereocenters. The molecule has 26 heavy (non-hydrogen) atoms. The number of benzene rings is 2. The van der Waals surface area contributed by atoms with E-state index < -0.39 is 0 Å². The van der Waals surface area contributed by atoms with Gasteiger partial charge < -0.3 is 4.90 Å². The van der Waals surface area contributed by atoms with Gasteiger partial charge in [0.15, 0.2) is 5.65 Å². The van der Waals surface area contributed by atoms with Crippen LogP contribution in [-0.2, 0) is 13.0 Å². The molecule has 0 bridgehead atoms. The highest BCUT2D eigenvalue weighted by Gasteiger charge is 2.21. The van der Waals surface area contributed by atoms with Gasteiger partial charge in [-0.3, -0.25) is 0 Å². The van der Waals surface area contributed by atoms with Gasteiger partial charge in [-0.25, -0.2) is 14.6 Å². The fourth-order valence-electron chi connectivity index (χ4n) is 3.56. The van der Waals surface area contributed by atoms with Crippen LogP contribution in [0.5, 0.6) is 0 Å². The third-order valence-electron chi connectivity index (χ3n) is 4.83. The molecule has 5 nitrogen and oxygen atoms in total. The maximum Gasteiger partial charge on any atom is 0.168 e. The van der Waals surface area contributed by atoms with E-state index in [0.717, 1.165) is 42.0 Å². The van der Waals surface area contributed by atoms with Gasteiger partial charge in [-0.1, -0.05) is 41.9 Å². The molecule has 5 rings (SSSR count). The zero-order chi connectivity index (χ0) is 17.5. The second-order valence-corrected chi connectivity index (χ2v) is 6.85. The first-order chi connectivity index (χ1) is 12.8. The van der Waals surface area contributed by atoms with E-state index >= 15 is 0 Å². The van der Waals surface area contributed by atoms with E-state index in [4.69, 9.17) is 11.6 Å². The molecule has 2 aromatic heterocycles. The van der Waals surface area contributed by atoms with Crippen LogP contribution in [0.15, 0.2) is 61.1 Å². The molecular weight excluding hydrogens is 346 g/mol. The predicted octanol–water partition coefficient (Wildman–Crippen LogP) is 4.03. The Hall–Kier alpha value is -2.92. The van der Waals surface area contributed by atoms with Gasteiger partial charge in [-0.15, -0.1) is 0 Å². The zero-order valence-electron chi connectivity index (χ0n) is 14.0. The summed E-state index contributed by atoms with van der Waals surface area (Å²) < 4.78 is 1.81. The van der Waals surface area contributed by atoms with Gasteiger partial charge in [0.1, 0.15) is 12.1 Å². The molecule has 0 aliphatic carbocycles. The Bertz CT molecular complexity index is 1100. The van der Waals surface area contributed by atoms with Gasteiger partial charge >= 0.3 is 0 Å². The van der Waals surface area contributed by atoms with Crippen molar-refractivity contribution in [1.82, 2.24) is 19.7 Å². The van der Waals surface area contributed by atoms with E-state index in [1.807, 2.05) is 35.1 Å². The van der Waals surface area contributed by atoms with Crippen molar-refractivity contribution in [3.63, 3.8) is 0 Å². The Balaban J connectivity index is 1.58. The maximum atomic E-state index is 6.13. The highest BCUT2D eigenvalue weighted by molar-refractivity contribution is 6.30. The molecule has 0 N–H and O–H groups in total. The molecule has 0 amide bonds. The van der Waals surface area contributed by atoms with Crippen molar-refractivity contribution in [2.24, 2.45) is 0 Å². The second-order valence-electron chi connectivity index (χ2n) is 6.41. The van der Waals surface area contributed by atoms with Gasteiger partial charge in [-0.05, 0) is 35.7 Å². The molecule has 4 aromatic rings. The summed E-state index contributed by atoms with van der Waals surface area (Å²) in [6.07, 6.45) is 4.47. The van der Waals surface area contributed by atoms with Crippen LogP contribution < -0.4 is 4.90 Å². The highest BCUT2D eigenvalue weighted by atomic mass is 35.5. The molecule has 1 aliphatic heterocycles. The third-order valence-corrected chi connectivity index (χ3v) is 5.06. The minimum Gasteiger partial charge on any atom is -0.351 e. The van der Waals surface area contributed by atoms with Crippen molar-refractivity contribution < 1.29 is 0 Å². The second kappa shape index (κ2) is 6.11. The summed E-state index contributed by atoms with van der Waals surface area (Å²) in [5.74, 6) is 0.929. The Kier molecular flexibility index (Phi) is 3.60. The van der Waals surface area contributed by atoms with E-state index in [9.17, 15) is 0 Å². The van der Waals surface area contributed by atoms with Gasteiger partial charge in [0.25, 0.3) is 0 Å². The molecule has 6 heteroatoms. The smallest absolute Gasteiger partial charge is 0.168 e. The van der Waals surface area contributed by atoms with Crippen LogP contribution in [0.4, 0.5) is 5.82 Å². The number of nitrogens with zero attached hydrogens (tertiary/aromatic N) is 5. The number of fused-ring (bicyclic) bond motifs is 2. The predicted molar refractivity (Wildman–Crippen MR) is 103 cm³/mol. The van der Waals surface area contributed by atoms with Crippen LogP contribution in [0, 0.1) is 0 Å². The number of anilines is 1. The zero-order valence-corrected chi connectivity index (χ0v) is 14.8. The number of rotatable bonds is 2. The molecule has 3 heterocycles. The van der Waals surface area contributed by atoms with Gasteiger partial charge in [0.2, 0.25) is 0 Å². The van der Waals surface area contributed by atoms with Crippen LogP contribution in [0.2, 0.25) is 5.02 Å². The van der Waals surface area contributed by atoms with E-state index in [1.54, 1.807) is 6.33 Å². The molecule has 0 saturated heterocycles. The Labute approximate surface area is 155 Å². The fourth-order valence-corrected chi connectivity index (χ4v) is 3.74. The van der Waals surface area contributed by atoms with Crippen LogP contribution in [-0.4, -0.2) is 26.3 Å². The lowest BCUT2D eigenvalue weighted by molar-refractivity contribution is 0.723. The quantitative estimate of drug-likeness (QED) is 0.540. The monoisotopic (exact) mass is 361 g/mol. The summed E-state index contributed by atoms with van der Waals surface area (Å²) >= 11 is 6.13. The molecule has 0 saturated carbocycles. The third kappa shape index (κ3) is 2.52. The van der Waals surface area contributed by atoms with Crippen molar-refractivity contribution in [3.05, 3.63) is 77.2 Å². The van der Waals surface area contributed by atoms with Gasteiger partial charge in [0, 0.05) is 18.1 Å². The van der Waals surface area contributed by atoms with Crippen LogP contribution >= 0.6 is 11.6 Å². The molecule has 0 atom stereocenters. The number of hydrogen-bond donors (Lipinski definition) is 0. The number of halogens is 1. The van der Waals surface area contributed by atoms with Gasteiger partial charge in [-0.2, -0.15) is 5.10 Å². The molecule has 128 valence electrons. The van der Waals surface area contributed by atoms with Crippen molar-refractivity contribution in [2.75, 3.05) is 11.4 Å². The van der Waals surface area contributed by atoms with Crippen LogP contribution in [0.25, 0.3) is 16.7 Å². The van der Waals surface area contributed by atoms with Gasteiger partial charge in [0.05, 0.1) is 17.3 Å². The van der Waals surface area contributed by atoms with Crippen LogP contribution in [0.1, 0.15) is 11.1 Å². The summed E-state index contributed by atoms with van der Waals surface area (Å²) in [5.41, 5.74) is 4.45. The Morgan fingerprint density at radius 1 is 0.962 bits per heavy atom. The SMILES string of the molecule is Clc1cccc(-n2ncc3c(N4CCc5ccccc5C4)ncnc32)c1. The maximum absolute atomic E-state index is 6.13. The first-order valence-electron chi connectivity index (χ1n) is 8.56. The lowest BCUT2D eigenvalue weighted by Crippen LogP contribution is -2.31. The molecule has 2 aromatic carbocycles. The normalized spacial score (nSPS) is 13.8. The average molecular weight is 362 g/mol. The van der Waals surface area contributed by atoms with E-state index in [-0.39, 0.29) is 0 Å². The molecule has 0 spiro atoms. The lowest BCUT2D eigenvalue weighted by Gasteiger charge is -2.29. The van der Waals surface area contributed by atoms with Crippen molar-refractivity contribution >= 4 is 28.5 Å². The van der Waals surface area contributed by atoms with E-state index in [0.29, 0.717) is 5.02 Å². The average Bonchev–Trinajstić information content (AvgIpc) is 3.12. The summed E-state index contributed by atoms with van der Waals surface area (Å²) in [6.45, 7) is 1.79. The van der Waals surface area contributed by atoms with E-state index in [2.05, 4.69) is 44.2 Å². The topological polar surface area (TPSA) is 46.8 Å². The largest absolute Gasteiger partial charge is 0.351 e. The fraction of sp³-hybridized carbons (Fsp3) is 0.150. The van der Waals surface area contributed by atoms with Crippen LogP contribution in [0.3, 0.4) is 0 Å².